The summed E-state index contributed by atoms with van der Waals surface area (Å²) < 4.78 is 0. The molecule has 0 spiro atoms. The first-order chi connectivity index (χ1) is 47.7. The second-order valence-corrected chi connectivity index (χ2v) is 25.5. The van der Waals surface area contributed by atoms with Gasteiger partial charge in [-0.05, 0) is 158 Å². The number of nitrogens with zero attached hydrogens (tertiary/aromatic N) is 6. The highest BCUT2D eigenvalue weighted by Gasteiger charge is 2.36. The number of hydrogen-bond acceptors (Lipinski definition) is 6. The predicted molar refractivity (Wildman–Crippen MR) is 402 cm³/mol. The smallest absolute Gasteiger partial charge is 0.164 e. The maximum atomic E-state index is 5.14. The molecule has 0 fully saturated rings. The van der Waals surface area contributed by atoms with Crippen molar-refractivity contribution in [2.75, 3.05) is 0 Å². The molecule has 0 unspecified atom stereocenters. The molecular formula is C91H62N6. The summed E-state index contributed by atoms with van der Waals surface area (Å²) in [5.41, 5.74) is 20.0. The van der Waals surface area contributed by atoms with Crippen molar-refractivity contribution < 1.29 is 0 Å². The van der Waals surface area contributed by atoms with Crippen LogP contribution in [0, 0.1) is 0 Å². The molecule has 15 aromatic carbocycles. The number of rotatable bonds is 10. The maximum Gasteiger partial charge on any atom is 0.164 e. The zero-order valence-electron chi connectivity index (χ0n) is 53.5. The Bertz CT molecular complexity index is 5700. The molecule has 0 bridgehead atoms. The molecule has 17 aromatic rings. The van der Waals surface area contributed by atoms with E-state index >= 15 is 0 Å². The Labute approximate surface area is 563 Å². The summed E-state index contributed by atoms with van der Waals surface area (Å²) in [6, 6.07) is 120. The minimum Gasteiger partial charge on any atom is -0.208 e. The summed E-state index contributed by atoms with van der Waals surface area (Å²) in [6.07, 6.45) is 0. The fourth-order valence-electron chi connectivity index (χ4n) is 13.7. The average molecular weight is 1240 g/mol. The number of fused-ring (bicyclic) bond motifs is 7. The molecular weight excluding hydrogens is 1180 g/mol. The highest BCUT2D eigenvalue weighted by atomic mass is 15.0. The fourth-order valence-corrected chi connectivity index (χ4v) is 13.7. The first-order valence-electron chi connectivity index (χ1n) is 33.0. The van der Waals surface area contributed by atoms with Crippen molar-refractivity contribution in [3.8, 4) is 124 Å². The van der Waals surface area contributed by atoms with Crippen molar-refractivity contribution in [3.05, 3.63) is 351 Å². The van der Waals surface area contributed by atoms with Crippen molar-refractivity contribution >= 4 is 43.1 Å². The molecule has 0 amide bonds. The van der Waals surface area contributed by atoms with Gasteiger partial charge in [0, 0.05) is 38.8 Å². The van der Waals surface area contributed by atoms with E-state index in [1.54, 1.807) is 0 Å². The average Bonchev–Trinajstić information content (AvgIpc) is 1.58. The minimum atomic E-state index is -0.161. The lowest BCUT2D eigenvalue weighted by molar-refractivity contribution is 0.661. The predicted octanol–water partition coefficient (Wildman–Crippen LogP) is 23.3. The first-order valence-corrected chi connectivity index (χ1v) is 33.0. The zero-order chi connectivity index (χ0) is 64.8. The third-order valence-electron chi connectivity index (χ3n) is 19.0. The van der Waals surface area contributed by atoms with Crippen molar-refractivity contribution in [2.45, 2.75) is 19.3 Å². The summed E-state index contributed by atoms with van der Waals surface area (Å²) in [4.78, 5) is 30.5. The van der Waals surface area contributed by atoms with Crippen LogP contribution in [0.5, 0.6) is 0 Å². The third kappa shape index (κ3) is 11.5. The summed E-state index contributed by atoms with van der Waals surface area (Å²) in [7, 11) is 0. The van der Waals surface area contributed by atoms with Gasteiger partial charge in [-0.15, -0.1) is 0 Å². The van der Waals surface area contributed by atoms with Crippen molar-refractivity contribution in [3.63, 3.8) is 0 Å². The molecule has 6 heteroatoms. The SMILES string of the molecule is CC1(C)c2cc(-c3nc(-c4cccc(-c5ccccc5)c4)nc(-c4ccc5ccccc5c4)n3)ccc2-c2cc3ccccc3cc21.c1ccc(-c2cccc(-c3nc(-c4ccc(-c5ccc6ccccc6c5)cc4)nc(-c4ccc(-c5ccc6ccccc6c5)cc4)n3)c2)cc1. The standard InChI is InChI=1S/C47H31N3.C44H31N3/c1-2-9-32(10-3-1)41-15-8-16-44(31-41)47-49-45(37-23-17-35(18-24-37)42-27-21-33-11-4-6-13-39(33)29-42)48-46(50-47)38-25-19-36(20-26-38)43-28-22-34-12-5-7-14-40(34)30-43;1-44(2)39-27-36(21-22-37(39)38-25-32-15-8-9-16-33(32)26-40(38)44)43-46-41(34-18-10-17-31(23-34)28-11-4-3-5-12-28)45-42(47-43)35-20-19-29-13-6-7-14-30(29)24-35/h1-31H;3-27H,1-2H3. The molecule has 2 aromatic heterocycles. The van der Waals surface area contributed by atoms with Gasteiger partial charge in [-0.1, -0.05) is 305 Å². The normalized spacial score (nSPS) is 12.1. The Kier molecular flexibility index (Phi) is 14.8. The highest BCUT2D eigenvalue weighted by molar-refractivity contribution is 5.95. The van der Waals surface area contributed by atoms with Crippen LogP contribution in [0.3, 0.4) is 0 Å². The van der Waals surface area contributed by atoms with E-state index in [-0.39, 0.29) is 5.41 Å². The first kappa shape index (κ1) is 58.2. The highest BCUT2D eigenvalue weighted by Crippen LogP contribution is 2.51. The van der Waals surface area contributed by atoms with Crippen molar-refractivity contribution in [2.24, 2.45) is 0 Å². The molecule has 97 heavy (non-hydrogen) atoms. The van der Waals surface area contributed by atoms with Crippen LogP contribution in [0.15, 0.2) is 340 Å². The van der Waals surface area contributed by atoms with Crippen LogP contribution < -0.4 is 0 Å². The van der Waals surface area contributed by atoms with E-state index in [0.29, 0.717) is 34.9 Å². The second kappa shape index (κ2) is 24.7. The van der Waals surface area contributed by atoms with E-state index in [1.165, 1.54) is 71.1 Å². The van der Waals surface area contributed by atoms with E-state index in [2.05, 4.69) is 341 Å². The van der Waals surface area contributed by atoms with E-state index in [1.807, 2.05) is 12.1 Å². The topological polar surface area (TPSA) is 77.3 Å². The Balaban J connectivity index is 0.000000147. The monoisotopic (exact) mass is 1240 g/mol. The second-order valence-electron chi connectivity index (χ2n) is 25.5. The van der Waals surface area contributed by atoms with Crippen LogP contribution in [0.2, 0.25) is 0 Å². The van der Waals surface area contributed by atoms with Crippen LogP contribution in [-0.2, 0) is 5.41 Å². The van der Waals surface area contributed by atoms with Crippen molar-refractivity contribution in [1.82, 2.24) is 29.9 Å². The lowest BCUT2D eigenvalue weighted by atomic mass is 9.81. The van der Waals surface area contributed by atoms with Gasteiger partial charge in [0.05, 0.1) is 0 Å². The summed E-state index contributed by atoms with van der Waals surface area (Å²) in [6.45, 7) is 4.65. The van der Waals surface area contributed by atoms with Gasteiger partial charge in [0.25, 0.3) is 0 Å². The molecule has 0 saturated carbocycles. The third-order valence-corrected chi connectivity index (χ3v) is 19.0. The molecule has 18 rings (SSSR count). The molecule has 0 atom stereocenters. The van der Waals surface area contributed by atoms with Gasteiger partial charge in [-0.3, -0.25) is 0 Å². The van der Waals surface area contributed by atoms with Gasteiger partial charge in [0.1, 0.15) is 0 Å². The molecule has 2 heterocycles. The summed E-state index contributed by atoms with van der Waals surface area (Å²) >= 11 is 0. The molecule has 0 aliphatic heterocycles. The van der Waals surface area contributed by atoms with E-state index < -0.39 is 0 Å². The van der Waals surface area contributed by atoms with Crippen molar-refractivity contribution in [1.29, 1.82) is 0 Å². The van der Waals surface area contributed by atoms with Gasteiger partial charge < -0.3 is 0 Å². The largest absolute Gasteiger partial charge is 0.208 e. The van der Waals surface area contributed by atoms with Gasteiger partial charge in [0.15, 0.2) is 34.9 Å². The number of hydrogen-bond donors (Lipinski definition) is 0. The Morgan fingerprint density at radius 3 is 0.856 bits per heavy atom. The summed E-state index contributed by atoms with van der Waals surface area (Å²) in [5, 5.41) is 9.80. The molecule has 0 N–H and O–H groups in total. The molecule has 456 valence electrons. The molecule has 1 aliphatic carbocycles. The molecule has 6 nitrogen and oxygen atoms in total. The van der Waals surface area contributed by atoms with E-state index in [9.17, 15) is 0 Å². The molecule has 1 aliphatic rings. The minimum absolute atomic E-state index is 0.161. The van der Waals surface area contributed by atoms with Gasteiger partial charge in [-0.25, -0.2) is 29.9 Å². The zero-order valence-corrected chi connectivity index (χ0v) is 53.5. The van der Waals surface area contributed by atoms with Gasteiger partial charge >= 0.3 is 0 Å². The quantitative estimate of drug-likeness (QED) is 0.136. The van der Waals surface area contributed by atoms with Crippen LogP contribution in [0.4, 0.5) is 0 Å². The summed E-state index contributed by atoms with van der Waals surface area (Å²) in [5.74, 6) is 3.90. The number of benzene rings is 15. The number of aromatic nitrogens is 6. The Hall–Kier alpha value is -12.6. The lowest BCUT2D eigenvalue weighted by Crippen LogP contribution is -2.15. The van der Waals surface area contributed by atoms with Crippen LogP contribution in [0.1, 0.15) is 25.0 Å². The van der Waals surface area contributed by atoms with Gasteiger partial charge in [0.2, 0.25) is 0 Å². The Morgan fingerprint density at radius 1 is 0.165 bits per heavy atom. The maximum absolute atomic E-state index is 5.14. The van der Waals surface area contributed by atoms with E-state index in [0.717, 1.165) is 72.1 Å². The van der Waals surface area contributed by atoms with Crippen LogP contribution in [0.25, 0.3) is 167 Å². The van der Waals surface area contributed by atoms with Crippen LogP contribution in [-0.4, -0.2) is 29.9 Å². The molecule has 0 radical (unpaired) electrons. The fraction of sp³-hybridized carbons (Fsp3) is 0.0330. The lowest BCUT2D eigenvalue weighted by Gasteiger charge is -2.22. The van der Waals surface area contributed by atoms with E-state index in [4.69, 9.17) is 29.9 Å². The van der Waals surface area contributed by atoms with Crippen LogP contribution >= 0.6 is 0 Å². The Morgan fingerprint density at radius 2 is 0.423 bits per heavy atom. The molecule has 0 saturated heterocycles. The van der Waals surface area contributed by atoms with Gasteiger partial charge in [-0.2, -0.15) is 0 Å².